The van der Waals surface area contributed by atoms with Crippen LogP contribution in [0.4, 0.5) is 4.39 Å². The Hall–Kier alpha value is -1.96. The molecule has 0 aliphatic rings. The van der Waals surface area contributed by atoms with Crippen LogP contribution in [0.1, 0.15) is 16.2 Å². The number of carbonyl (C=O) groups is 1. The molecule has 2 aromatic rings. The minimum Gasteiger partial charge on any atom is -0.478 e. The van der Waals surface area contributed by atoms with Crippen molar-refractivity contribution in [3.8, 4) is 0 Å². The van der Waals surface area contributed by atoms with Crippen LogP contribution in [-0.2, 0) is 7.05 Å². The summed E-state index contributed by atoms with van der Waals surface area (Å²) in [7, 11) is 1.73. The van der Waals surface area contributed by atoms with E-state index in [1.165, 1.54) is 6.20 Å². The summed E-state index contributed by atoms with van der Waals surface area (Å²) in [6, 6.07) is 1.11. The number of carboxylic acids is 1. The normalized spacial score (nSPS) is 10.6. The maximum absolute atomic E-state index is 13.8. The molecule has 8 heteroatoms. The molecule has 0 aromatic carbocycles. The lowest BCUT2D eigenvalue weighted by Gasteiger charge is -2.03. The van der Waals surface area contributed by atoms with E-state index in [-0.39, 0.29) is 5.03 Å². The van der Waals surface area contributed by atoms with Crippen LogP contribution < -0.4 is 0 Å². The van der Waals surface area contributed by atoms with Crippen LogP contribution in [0.5, 0.6) is 0 Å². The van der Waals surface area contributed by atoms with E-state index in [4.69, 9.17) is 5.11 Å². The second-order valence-corrected chi connectivity index (χ2v) is 4.43. The first-order valence-corrected chi connectivity index (χ1v) is 5.74. The van der Waals surface area contributed by atoms with Crippen molar-refractivity contribution in [1.82, 2.24) is 19.7 Å². The van der Waals surface area contributed by atoms with Crippen LogP contribution in [-0.4, -0.2) is 30.8 Å². The SMILES string of the molecule is Cc1nnc(Sc2nccc(C(=O)O)c2F)n1C. The maximum atomic E-state index is 13.8. The topological polar surface area (TPSA) is 80.9 Å². The first-order chi connectivity index (χ1) is 8.50. The molecule has 6 nitrogen and oxygen atoms in total. The zero-order valence-corrected chi connectivity index (χ0v) is 10.4. The van der Waals surface area contributed by atoms with Crippen molar-refractivity contribution in [2.24, 2.45) is 7.05 Å². The summed E-state index contributed by atoms with van der Waals surface area (Å²) in [5.74, 6) is -1.52. The van der Waals surface area contributed by atoms with Gasteiger partial charge in [0.05, 0.1) is 5.56 Å². The minimum atomic E-state index is -1.33. The van der Waals surface area contributed by atoms with Crippen molar-refractivity contribution >= 4 is 17.7 Å². The number of hydrogen-bond donors (Lipinski definition) is 1. The lowest BCUT2D eigenvalue weighted by molar-refractivity contribution is 0.0691. The number of aromatic carboxylic acids is 1. The monoisotopic (exact) mass is 268 g/mol. The molecule has 0 fully saturated rings. The highest BCUT2D eigenvalue weighted by Gasteiger charge is 2.18. The van der Waals surface area contributed by atoms with Gasteiger partial charge in [-0.15, -0.1) is 10.2 Å². The Labute approximate surface area is 106 Å². The third-order valence-electron chi connectivity index (χ3n) is 2.33. The van der Waals surface area contributed by atoms with E-state index in [2.05, 4.69) is 15.2 Å². The fraction of sp³-hybridized carbons (Fsp3) is 0.200. The molecule has 0 bridgehead atoms. The average molecular weight is 268 g/mol. The zero-order valence-electron chi connectivity index (χ0n) is 9.59. The van der Waals surface area contributed by atoms with Crippen molar-refractivity contribution in [1.29, 1.82) is 0 Å². The molecule has 1 N–H and O–H groups in total. The molecular formula is C10H9FN4O2S. The minimum absolute atomic E-state index is 0.0367. The summed E-state index contributed by atoms with van der Waals surface area (Å²) in [6.45, 7) is 1.76. The molecule has 94 valence electrons. The summed E-state index contributed by atoms with van der Waals surface area (Å²) in [6.07, 6.45) is 1.25. The van der Waals surface area contributed by atoms with E-state index in [1.807, 2.05) is 0 Å². The van der Waals surface area contributed by atoms with Crippen LogP contribution in [0.3, 0.4) is 0 Å². The molecule has 0 atom stereocenters. The molecule has 0 spiro atoms. The Morgan fingerprint density at radius 1 is 1.50 bits per heavy atom. The Kier molecular flexibility index (Phi) is 3.28. The van der Waals surface area contributed by atoms with Crippen molar-refractivity contribution in [3.63, 3.8) is 0 Å². The summed E-state index contributed by atoms with van der Waals surface area (Å²) < 4.78 is 15.5. The molecule has 0 saturated carbocycles. The number of aryl methyl sites for hydroxylation is 1. The number of pyridine rings is 1. The Morgan fingerprint density at radius 2 is 2.22 bits per heavy atom. The molecule has 0 aliphatic heterocycles. The number of carboxylic acid groups (broad SMARTS) is 1. The maximum Gasteiger partial charge on any atom is 0.338 e. The van der Waals surface area contributed by atoms with E-state index >= 15 is 0 Å². The Balaban J connectivity index is 2.38. The lowest BCUT2D eigenvalue weighted by Crippen LogP contribution is -2.03. The molecule has 18 heavy (non-hydrogen) atoms. The van der Waals surface area contributed by atoms with E-state index < -0.39 is 17.3 Å². The fourth-order valence-electron chi connectivity index (χ4n) is 1.22. The lowest BCUT2D eigenvalue weighted by atomic mass is 10.3. The largest absolute Gasteiger partial charge is 0.478 e. The Morgan fingerprint density at radius 3 is 2.78 bits per heavy atom. The van der Waals surface area contributed by atoms with Gasteiger partial charge in [0.2, 0.25) is 0 Å². The molecule has 2 aromatic heterocycles. The van der Waals surface area contributed by atoms with Gasteiger partial charge in [-0.05, 0) is 24.8 Å². The molecule has 0 amide bonds. The number of rotatable bonds is 3. The molecule has 2 rings (SSSR count). The first-order valence-electron chi connectivity index (χ1n) is 4.92. The van der Waals surface area contributed by atoms with Gasteiger partial charge in [0.15, 0.2) is 11.0 Å². The van der Waals surface area contributed by atoms with Crippen molar-refractivity contribution in [2.75, 3.05) is 0 Å². The predicted octanol–water partition coefficient (Wildman–Crippen LogP) is 1.51. The average Bonchev–Trinajstić information content (AvgIpc) is 2.63. The highest BCUT2D eigenvalue weighted by atomic mass is 32.2. The molecule has 0 saturated heterocycles. The van der Waals surface area contributed by atoms with Gasteiger partial charge < -0.3 is 9.67 Å². The third kappa shape index (κ3) is 2.19. The summed E-state index contributed by atoms with van der Waals surface area (Å²) in [5, 5.41) is 16.9. The van der Waals surface area contributed by atoms with E-state index in [0.29, 0.717) is 11.0 Å². The highest BCUT2D eigenvalue weighted by molar-refractivity contribution is 7.99. The van der Waals surface area contributed by atoms with E-state index in [9.17, 15) is 9.18 Å². The van der Waals surface area contributed by atoms with Gasteiger partial charge in [-0.3, -0.25) is 0 Å². The zero-order chi connectivity index (χ0) is 13.3. The van der Waals surface area contributed by atoms with Gasteiger partial charge in [-0.2, -0.15) is 0 Å². The van der Waals surface area contributed by atoms with Crippen molar-refractivity contribution in [2.45, 2.75) is 17.1 Å². The summed E-state index contributed by atoms with van der Waals surface area (Å²) >= 11 is 0.933. The molecular weight excluding hydrogens is 259 g/mol. The Bertz CT molecular complexity index is 614. The summed E-state index contributed by atoms with van der Waals surface area (Å²) in [5.41, 5.74) is -0.411. The number of halogens is 1. The number of hydrogen-bond acceptors (Lipinski definition) is 5. The van der Waals surface area contributed by atoms with Crippen LogP contribution >= 0.6 is 11.8 Å². The second kappa shape index (κ2) is 4.73. The van der Waals surface area contributed by atoms with Gasteiger partial charge in [0, 0.05) is 13.2 Å². The fourth-order valence-corrected chi connectivity index (χ4v) is 2.06. The number of aromatic nitrogens is 4. The molecule has 0 aliphatic carbocycles. The highest BCUT2D eigenvalue weighted by Crippen LogP contribution is 2.27. The van der Waals surface area contributed by atoms with Gasteiger partial charge in [0.25, 0.3) is 0 Å². The third-order valence-corrected chi connectivity index (χ3v) is 3.34. The standard InChI is InChI=1S/C10H9FN4O2S/c1-5-13-14-10(15(5)2)18-8-7(11)6(9(16)17)3-4-12-8/h3-4H,1-2H3,(H,16,17). The van der Waals surface area contributed by atoms with Crippen LogP contribution in [0.2, 0.25) is 0 Å². The summed E-state index contributed by atoms with van der Waals surface area (Å²) in [4.78, 5) is 14.6. The quantitative estimate of drug-likeness (QED) is 0.908. The van der Waals surface area contributed by atoms with Gasteiger partial charge >= 0.3 is 5.97 Å². The molecule has 0 unspecified atom stereocenters. The van der Waals surface area contributed by atoms with Crippen LogP contribution in [0, 0.1) is 12.7 Å². The molecule has 0 radical (unpaired) electrons. The van der Waals surface area contributed by atoms with Crippen molar-refractivity contribution < 1.29 is 14.3 Å². The van der Waals surface area contributed by atoms with Crippen molar-refractivity contribution in [3.05, 3.63) is 29.5 Å². The van der Waals surface area contributed by atoms with Gasteiger partial charge in [-0.1, -0.05) is 0 Å². The predicted molar refractivity (Wildman–Crippen MR) is 61.0 cm³/mol. The number of nitrogens with zero attached hydrogens (tertiary/aromatic N) is 4. The van der Waals surface area contributed by atoms with Crippen LogP contribution in [0.15, 0.2) is 22.4 Å². The van der Waals surface area contributed by atoms with Gasteiger partial charge in [-0.25, -0.2) is 14.2 Å². The second-order valence-electron chi connectivity index (χ2n) is 3.47. The van der Waals surface area contributed by atoms with Crippen LogP contribution in [0.25, 0.3) is 0 Å². The van der Waals surface area contributed by atoms with E-state index in [1.54, 1.807) is 18.5 Å². The van der Waals surface area contributed by atoms with E-state index in [0.717, 1.165) is 17.8 Å². The molecule has 2 heterocycles. The van der Waals surface area contributed by atoms with Gasteiger partial charge in [0.1, 0.15) is 10.9 Å². The first kappa shape index (κ1) is 12.5. The smallest absolute Gasteiger partial charge is 0.338 e.